The maximum Gasteiger partial charge on any atom is 0.236 e. The molecule has 13 heavy (non-hydrogen) atoms. The van der Waals surface area contributed by atoms with E-state index in [-0.39, 0.29) is 0 Å². The highest BCUT2D eigenvalue weighted by Gasteiger charge is 2.00. The lowest BCUT2D eigenvalue weighted by Gasteiger charge is -2.01. The number of nitrogens with zero attached hydrogens (tertiary/aromatic N) is 5. The molecule has 0 aliphatic carbocycles. The Hall–Kier alpha value is -1.78. The van der Waals surface area contributed by atoms with Crippen LogP contribution in [0.1, 0.15) is 11.4 Å². The Labute approximate surface area is 75.5 Å². The molecule has 0 fully saturated rings. The number of hydrogen-bond donors (Lipinski definition) is 0. The lowest BCUT2D eigenvalue weighted by Crippen LogP contribution is -2.01. The van der Waals surface area contributed by atoms with Gasteiger partial charge in [0.15, 0.2) is 0 Å². The minimum atomic E-state index is 0.613. The normalized spacial score (nSPS) is 10.3. The van der Waals surface area contributed by atoms with Crippen LogP contribution in [-0.2, 0) is 0 Å². The fourth-order valence-corrected chi connectivity index (χ4v) is 1.13. The van der Waals surface area contributed by atoms with E-state index < -0.39 is 0 Å². The molecule has 0 aliphatic heterocycles. The van der Waals surface area contributed by atoms with Crippen LogP contribution in [0.5, 0.6) is 0 Å². The molecule has 0 radical (unpaired) electrons. The quantitative estimate of drug-likeness (QED) is 0.639. The second kappa shape index (κ2) is 2.93. The molecule has 0 aromatic carbocycles. The summed E-state index contributed by atoms with van der Waals surface area (Å²) in [5, 5.41) is 7.38. The van der Waals surface area contributed by atoms with Gasteiger partial charge in [0.1, 0.15) is 12.7 Å². The van der Waals surface area contributed by atoms with Gasteiger partial charge >= 0.3 is 0 Å². The van der Waals surface area contributed by atoms with Crippen LogP contribution >= 0.6 is 0 Å². The van der Waals surface area contributed by atoms with E-state index in [1.165, 1.54) is 0 Å². The number of rotatable bonds is 1. The van der Waals surface area contributed by atoms with Crippen LogP contribution in [0.25, 0.3) is 5.95 Å². The van der Waals surface area contributed by atoms with Crippen molar-refractivity contribution in [3.8, 4) is 5.95 Å². The largest absolute Gasteiger partial charge is 0.255 e. The summed E-state index contributed by atoms with van der Waals surface area (Å²) in [7, 11) is 0. The van der Waals surface area contributed by atoms with E-state index in [1.54, 1.807) is 17.2 Å². The summed E-state index contributed by atoms with van der Waals surface area (Å²) >= 11 is 0. The van der Waals surface area contributed by atoms with E-state index >= 15 is 0 Å². The highest BCUT2D eigenvalue weighted by molar-refractivity contribution is 5.17. The molecule has 0 atom stereocenters. The zero-order chi connectivity index (χ0) is 9.26. The van der Waals surface area contributed by atoms with Crippen molar-refractivity contribution >= 4 is 0 Å². The minimum Gasteiger partial charge on any atom is -0.255 e. The standard InChI is InChI=1S/C8H9N5/c1-6-3-7(2)12-8(11-6)13-4-9-10-5-13/h3-5H,1-2H3. The van der Waals surface area contributed by atoms with E-state index in [4.69, 9.17) is 0 Å². The third-order valence-electron chi connectivity index (χ3n) is 1.62. The molecule has 5 nitrogen and oxygen atoms in total. The number of hydrogen-bond acceptors (Lipinski definition) is 4. The van der Waals surface area contributed by atoms with Crippen LogP contribution in [0.15, 0.2) is 18.7 Å². The van der Waals surface area contributed by atoms with E-state index in [2.05, 4.69) is 20.2 Å². The Kier molecular flexibility index (Phi) is 1.77. The Morgan fingerprint density at radius 2 is 1.54 bits per heavy atom. The van der Waals surface area contributed by atoms with Crippen molar-refractivity contribution in [2.75, 3.05) is 0 Å². The van der Waals surface area contributed by atoms with Crippen LogP contribution in [0.2, 0.25) is 0 Å². The molecule has 66 valence electrons. The summed E-state index contributed by atoms with van der Waals surface area (Å²) in [5.74, 6) is 0.613. The monoisotopic (exact) mass is 175 g/mol. The van der Waals surface area contributed by atoms with E-state index in [9.17, 15) is 0 Å². The van der Waals surface area contributed by atoms with Gasteiger partial charge in [-0.2, -0.15) is 0 Å². The maximum atomic E-state index is 4.25. The lowest BCUT2D eigenvalue weighted by molar-refractivity contribution is 0.891. The molecule has 0 saturated heterocycles. The molecular formula is C8H9N5. The first-order valence-corrected chi connectivity index (χ1v) is 3.93. The van der Waals surface area contributed by atoms with Gasteiger partial charge in [0.05, 0.1) is 0 Å². The van der Waals surface area contributed by atoms with Crippen molar-refractivity contribution in [3.05, 3.63) is 30.1 Å². The van der Waals surface area contributed by atoms with Crippen molar-refractivity contribution in [1.82, 2.24) is 24.7 Å². The summed E-state index contributed by atoms with van der Waals surface area (Å²) in [5.41, 5.74) is 1.88. The topological polar surface area (TPSA) is 56.5 Å². The van der Waals surface area contributed by atoms with Gasteiger partial charge in [-0.25, -0.2) is 9.97 Å². The molecule has 0 bridgehead atoms. The first-order valence-electron chi connectivity index (χ1n) is 3.93. The molecule has 0 unspecified atom stereocenters. The summed E-state index contributed by atoms with van der Waals surface area (Å²) in [6, 6.07) is 1.92. The molecular weight excluding hydrogens is 166 g/mol. The van der Waals surface area contributed by atoms with Gasteiger partial charge in [0.2, 0.25) is 5.95 Å². The Balaban J connectivity index is 2.53. The number of aromatic nitrogens is 5. The third kappa shape index (κ3) is 1.53. The van der Waals surface area contributed by atoms with Gasteiger partial charge in [0.25, 0.3) is 0 Å². The average molecular weight is 175 g/mol. The zero-order valence-electron chi connectivity index (χ0n) is 7.47. The first kappa shape index (κ1) is 7.85. The molecule has 2 rings (SSSR count). The molecule has 0 saturated carbocycles. The SMILES string of the molecule is Cc1cc(C)nc(-n2cnnc2)n1. The van der Waals surface area contributed by atoms with E-state index in [0.29, 0.717) is 5.95 Å². The van der Waals surface area contributed by atoms with Gasteiger partial charge in [0, 0.05) is 11.4 Å². The van der Waals surface area contributed by atoms with Gasteiger partial charge in [-0.3, -0.25) is 4.57 Å². The van der Waals surface area contributed by atoms with Crippen LogP contribution in [0.3, 0.4) is 0 Å². The molecule has 0 N–H and O–H groups in total. The van der Waals surface area contributed by atoms with Crippen molar-refractivity contribution in [3.63, 3.8) is 0 Å². The Morgan fingerprint density at radius 1 is 1.00 bits per heavy atom. The highest BCUT2D eigenvalue weighted by atomic mass is 15.3. The van der Waals surface area contributed by atoms with Gasteiger partial charge in [-0.05, 0) is 19.9 Å². The van der Waals surface area contributed by atoms with Gasteiger partial charge in [-0.15, -0.1) is 10.2 Å². The van der Waals surface area contributed by atoms with Crippen molar-refractivity contribution < 1.29 is 0 Å². The van der Waals surface area contributed by atoms with Crippen molar-refractivity contribution in [2.45, 2.75) is 13.8 Å². The molecule has 0 spiro atoms. The molecule has 2 aromatic rings. The van der Waals surface area contributed by atoms with Gasteiger partial charge in [-0.1, -0.05) is 0 Å². The highest BCUT2D eigenvalue weighted by Crippen LogP contribution is 2.02. The molecule has 0 amide bonds. The van der Waals surface area contributed by atoms with E-state index in [0.717, 1.165) is 11.4 Å². The van der Waals surface area contributed by atoms with Crippen LogP contribution in [0.4, 0.5) is 0 Å². The summed E-state index contributed by atoms with van der Waals surface area (Å²) in [6.45, 7) is 3.87. The zero-order valence-corrected chi connectivity index (χ0v) is 7.47. The van der Waals surface area contributed by atoms with Crippen molar-refractivity contribution in [1.29, 1.82) is 0 Å². The Morgan fingerprint density at radius 3 is 2.08 bits per heavy atom. The molecule has 2 heterocycles. The summed E-state index contributed by atoms with van der Waals surface area (Å²) in [4.78, 5) is 8.50. The van der Waals surface area contributed by atoms with Gasteiger partial charge < -0.3 is 0 Å². The van der Waals surface area contributed by atoms with E-state index in [1.807, 2.05) is 19.9 Å². The van der Waals surface area contributed by atoms with Crippen LogP contribution < -0.4 is 0 Å². The molecule has 2 aromatic heterocycles. The fourth-order valence-electron chi connectivity index (χ4n) is 1.13. The minimum absolute atomic E-state index is 0.613. The third-order valence-corrected chi connectivity index (χ3v) is 1.62. The molecule has 0 aliphatic rings. The second-order valence-electron chi connectivity index (χ2n) is 2.82. The Bertz CT molecular complexity index is 386. The smallest absolute Gasteiger partial charge is 0.236 e. The first-order chi connectivity index (χ1) is 6.25. The average Bonchev–Trinajstić information content (AvgIpc) is 2.53. The predicted octanol–water partition coefficient (Wildman–Crippen LogP) is 0.674. The fraction of sp³-hybridized carbons (Fsp3) is 0.250. The summed E-state index contributed by atoms with van der Waals surface area (Å²) in [6.07, 6.45) is 3.16. The summed E-state index contributed by atoms with van der Waals surface area (Å²) < 4.78 is 1.68. The lowest BCUT2D eigenvalue weighted by atomic mass is 10.4. The maximum absolute atomic E-state index is 4.25. The van der Waals surface area contributed by atoms with Crippen LogP contribution in [-0.4, -0.2) is 24.7 Å². The van der Waals surface area contributed by atoms with Crippen LogP contribution in [0, 0.1) is 13.8 Å². The number of aryl methyl sites for hydroxylation is 2. The molecule has 5 heteroatoms. The predicted molar refractivity (Wildman–Crippen MR) is 46.4 cm³/mol. The van der Waals surface area contributed by atoms with Crippen molar-refractivity contribution in [2.24, 2.45) is 0 Å². The second-order valence-corrected chi connectivity index (χ2v) is 2.82.